The molecule has 0 amide bonds. The van der Waals surface area contributed by atoms with E-state index in [0.29, 0.717) is 5.88 Å². The van der Waals surface area contributed by atoms with Crippen LogP contribution < -0.4 is 15.0 Å². The predicted octanol–water partition coefficient (Wildman–Crippen LogP) is 4.72. The first-order valence-electron chi connectivity index (χ1n) is 13.1. The van der Waals surface area contributed by atoms with Gasteiger partial charge in [0, 0.05) is 48.9 Å². The van der Waals surface area contributed by atoms with Crippen LogP contribution in [0.2, 0.25) is 0 Å². The van der Waals surface area contributed by atoms with E-state index in [2.05, 4.69) is 81.4 Å². The van der Waals surface area contributed by atoms with E-state index in [9.17, 15) is 0 Å². The average molecular weight is 498 g/mol. The second-order valence-corrected chi connectivity index (χ2v) is 9.46. The van der Waals surface area contributed by atoms with E-state index in [1.165, 1.54) is 16.8 Å². The van der Waals surface area contributed by atoms with Crippen molar-refractivity contribution >= 4 is 22.4 Å². The molecule has 1 aliphatic rings. The summed E-state index contributed by atoms with van der Waals surface area (Å²) in [5.41, 5.74) is 7.78. The highest BCUT2D eigenvalue weighted by Crippen LogP contribution is 2.33. The monoisotopic (exact) mass is 497 g/mol. The van der Waals surface area contributed by atoms with Crippen molar-refractivity contribution < 1.29 is 4.74 Å². The topological polar surface area (TPSA) is 79.3 Å². The maximum atomic E-state index is 5.17. The van der Waals surface area contributed by atoms with Crippen molar-refractivity contribution in [3.05, 3.63) is 65.5 Å². The molecule has 0 fully saturated rings. The number of hydrogen-bond donors (Lipinski definition) is 1. The normalized spacial score (nSPS) is 13.2. The molecule has 0 aliphatic carbocycles. The van der Waals surface area contributed by atoms with Gasteiger partial charge in [-0.1, -0.05) is 19.9 Å². The van der Waals surface area contributed by atoms with Crippen molar-refractivity contribution in [2.45, 2.75) is 33.7 Å². The van der Waals surface area contributed by atoms with E-state index in [-0.39, 0.29) is 0 Å². The van der Waals surface area contributed by atoms with Gasteiger partial charge in [0.05, 0.1) is 18.3 Å². The van der Waals surface area contributed by atoms with Crippen molar-refractivity contribution in [3.8, 4) is 17.1 Å². The largest absolute Gasteiger partial charge is 0.480 e. The minimum absolute atomic E-state index is 0.499. The third kappa shape index (κ3) is 5.34. The molecule has 2 aromatic heterocycles. The molecule has 3 heterocycles. The number of hydrogen-bond acceptors (Lipinski definition) is 8. The Kier molecular flexibility index (Phi) is 7.46. The van der Waals surface area contributed by atoms with Crippen molar-refractivity contribution in [3.63, 3.8) is 0 Å². The number of aromatic nitrogens is 4. The fourth-order valence-electron chi connectivity index (χ4n) is 5.06. The molecule has 37 heavy (non-hydrogen) atoms. The van der Waals surface area contributed by atoms with Crippen molar-refractivity contribution in [2.24, 2.45) is 0 Å². The average Bonchev–Trinajstić information content (AvgIpc) is 2.94. The number of nitrogens with one attached hydrogen (secondary N) is 1. The number of aryl methyl sites for hydroxylation is 1. The SMILES string of the molecule is CCN(CC)CCNc1ccc2c(c1)CN(c1ncnc3c(C)cc(-c4ccc(OC)nn4)cc13)CC2. The number of nitrogens with zero attached hydrogens (tertiary/aromatic N) is 6. The van der Waals surface area contributed by atoms with Gasteiger partial charge in [-0.2, -0.15) is 0 Å². The third-order valence-corrected chi connectivity index (χ3v) is 7.22. The Morgan fingerprint density at radius 1 is 1.00 bits per heavy atom. The summed E-state index contributed by atoms with van der Waals surface area (Å²) in [6.07, 6.45) is 2.67. The van der Waals surface area contributed by atoms with E-state index in [4.69, 9.17) is 9.72 Å². The first kappa shape index (κ1) is 24.9. The fraction of sp³-hybridized carbons (Fsp3) is 0.379. The Morgan fingerprint density at radius 3 is 2.62 bits per heavy atom. The molecule has 0 unspecified atom stereocenters. The lowest BCUT2D eigenvalue weighted by atomic mass is 9.98. The van der Waals surface area contributed by atoms with Crippen LogP contribution in [0.3, 0.4) is 0 Å². The van der Waals surface area contributed by atoms with Gasteiger partial charge in [-0.05, 0) is 73.5 Å². The van der Waals surface area contributed by atoms with Gasteiger partial charge in [0.2, 0.25) is 5.88 Å². The molecule has 0 saturated carbocycles. The Balaban J connectivity index is 1.41. The fourth-order valence-corrected chi connectivity index (χ4v) is 5.06. The molecule has 8 nitrogen and oxygen atoms in total. The molecule has 0 atom stereocenters. The highest BCUT2D eigenvalue weighted by molar-refractivity contribution is 5.94. The molecule has 0 bridgehead atoms. The molecule has 192 valence electrons. The number of ether oxygens (including phenoxy) is 1. The molecule has 4 aromatic rings. The van der Waals surface area contributed by atoms with Crippen molar-refractivity contribution in [1.29, 1.82) is 0 Å². The van der Waals surface area contributed by atoms with Crippen molar-refractivity contribution in [2.75, 3.05) is 50.1 Å². The van der Waals surface area contributed by atoms with E-state index < -0.39 is 0 Å². The second kappa shape index (κ2) is 11.1. The summed E-state index contributed by atoms with van der Waals surface area (Å²) in [6, 6.07) is 14.8. The van der Waals surface area contributed by atoms with Gasteiger partial charge in [-0.15, -0.1) is 10.2 Å². The van der Waals surface area contributed by atoms with Crippen LogP contribution >= 0.6 is 0 Å². The lowest BCUT2D eigenvalue weighted by Crippen LogP contribution is -2.31. The molecular formula is C29H35N7O. The molecule has 2 aromatic carbocycles. The zero-order valence-electron chi connectivity index (χ0n) is 22.2. The molecule has 0 spiro atoms. The summed E-state index contributed by atoms with van der Waals surface area (Å²) in [6.45, 7) is 12.4. The van der Waals surface area contributed by atoms with Crippen LogP contribution in [0.4, 0.5) is 11.5 Å². The highest BCUT2D eigenvalue weighted by atomic mass is 16.5. The number of fused-ring (bicyclic) bond motifs is 2. The molecule has 1 N–H and O–H groups in total. The maximum absolute atomic E-state index is 5.17. The van der Waals surface area contributed by atoms with Gasteiger partial charge < -0.3 is 19.9 Å². The zero-order chi connectivity index (χ0) is 25.8. The summed E-state index contributed by atoms with van der Waals surface area (Å²) < 4.78 is 5.17. The molecule has 0 saturated heterocycles. The van der Waals surface area contributed by atoms with Crippen molar-refractivity contribution in [1.82, 2.24) is 25.1 Å². The molecule has 8 heteroatoms. The van der Waals surface area contributed by atoms with Gasteiger partial charge in [0.15, 0.2) is 0 Å². The summed E-state index contributed by atoms with van der Waals surface area (Å²) in [5.74, 6) is 1.46. The van der Waals surface area contributed by atoms with E-state index >= 15 is 0 Å². The number of rotatable bonds is 9. The first-order chi connectivity index (χ1) is 18.1. The van der Waals surface area contributed by atoms with E-state index in [0.717, 1.165) is 79.2 Å². The lowest BCUT2D eigenvalue weighted by molar-refractivity contribution is 0.316. The Morgan fingerprint density at radius 2 is 1.86 bits per heavy atom. The Bertz CT molecular complexity index is 1370. The smallest absolute Gasteiger partial charge is 0.233 e. The van der Waals surface area contributed by atoms with Gasteiger partial charge in [-0.25, -0.2) is 9.97 Å². The van der Waals surface area contributed by atoms with Gasteiger partial charge in [0.25, 0.3) is 0 Å². The summed E-state index contributed by atoms with van der Waals surface area (Å²) in [4.78, 5) is 14.2. The van der Waals surface area contributed by atoms with Crippen LogP contribution in [-0.2, 0) is 13.0 Å². The summed E-state index contributed by atoms with van der Waals surface area (Å²) in [5, 5.41) is 13.1. The molecule has 0 radical (unpaired) electrons. The Hall–Kier alpha value is -3.78. The quantitative estimate of drug-likeness (QED) is 0.356. The predicted molar refractivity (Wildman–Crippen MR) is 149 cm³/mol. The van der Waals surface area contributed by atoms with Crippen LogP contribution in [-0.4, -0.2) is 64.9 Å². The van der Waals surface area contributed by atoms with E-state index in [1.54, 1.807) is 13.4 Å². The summed E-state index contributed by atoms with van der Waals surface area (Å²) >= 11 is 0. The number of methoxy groups -OCH3 is 1. The standard InChI is InChI=1S/C29H35N7O/c1-5-35(6-2)14-12-30-24-8-7-21-11-13-36(18-23(21)16-24)29-25-17-22(15-20(3)28(25)31-19-32-29)26-9-10-27(37-4)34-33-26/h7-10,15-17,19,30H,5-6,11-14,18H2,1-4H3. The van der Waals surface area contributed by atoms with Crippen LogP contribution in [0.25, 0.3) is 22.2 Å². The third-order valence-electron chi connectivity index (χ3n) is 7.22. The van der Waals surface area contributed by atoms with Gasteiger partial charge >= 0.3 is 0 Å². The number of anilines is 2. The minimum Gasteiger partial charge on any atom is -0.480 e. The van der Waals surface area contributed by atoms with E-state index in [1.807, 2.05) is 12.1 Å². The zero-order valence-corrected chi connectivity index (χ0v) is 22.2. The first-order valence-corrected chi connectivity index (χ1v) is 13.1. The van der Waals surface area contributed by atoms with Gasteiger partial charge in [0.1, 0.15) is 12.1 Å². The molecule has 1 aliphatic heterocycles. The van der Waals surface area contributed by atoms with Gasteiger partial charge in [-0.3, -0.25) is 0 Å². The van der Waals surface area contributed by atoms with Crippen LogP contribution in [0.15, 0.2) is 48.8 Å². The second-order valence-electron chi connectivity index (χ2n) is 9.46. The molecular weight excluding hydrogens is 462 g/mol. The highest BCUT2D eigenvalue weighted by Gasteiger charge is 2.21. The van der Waals surface area contributed by atoms with Crippen LogP contribution in [0, 0.1) is 6.92 Å². The number of benzene rings is 2. The Labute approximate surface area is 218 Å². The van der Waals surface area contributed by atoms with Crippen LogP contribution in [0.5, 0.6) is 5.88 Å². The minimum atomic E-state index is 0.499. The number of likely N-dealkylation sites (N-methyl/N-ethyl adjacent to an activating group) is 1. The lowest BCUT2D eigenvalue weighted by Gasteiger charge is -2.31. The molecule has 5 rings (SSSR count). The summed E-state index contributed by atoms with van der Waals surface area (Å²) in [7, 11) is 1.59. The maximum Gasteiger partial charge on any atom is 0.233 e. The van der Waals surface area contributed by atoms with Crippen LogP contribution in [0.1, 0.15) is 30.5 Å².